The molecule has 0 aliphatic rings. The van der Waals surface area contributed by atoms with Crippen molar-refractivity contribution in [3.63, 3.8) is 0 Å². The van der Waals surface area contributed by atoms with Gasteiger partial charge in [-0.05, 0) is 6.92 Å². The molecule has 0 aliphatic carbocycles. The monoisotopic (exact) mass is 261 g/mol. The number of aromatic nitrogens is 5. The van der Waals surface area contributed by atoms with Crippen molar-refractivity contribution in [2.75, 3.05) is 24.2 Å². The number of nitrogens with one attached hydrogen (secondary N) is 2. The number of anilines is 2. The van der Waals surface area contributed by atoms with Gasteiger partial charge in [0.1, 0.15) is 17.5 Å². The average Bonchev–Trinajstić information content (AvgIpc) is 2.94. The summed E-state index contributed by atoms with van der Waals surface area (Å²) in [6, 6.07) is 0. The van der Waals surface area contributed by atoms with E-state index in [1.54, 1.807) is 10.9 Å². The lowest BCUT2D eigenvalue weighted by atomic mass is 10.3. The number of hydrogen-bond acceptors (Lipinski definition) is 6. The molecule has 0 aromatic carbocycles. The maximum atomic E-state index is 4.51. The Morgan fingerprint density at radius 1 is 1.26 bits per heavy atom. The van der Waals surface area contributed by atoms with E-state index in [0.717, 1.165) is 42.5 Å². The van der Waals surface area contributed by atoms with Crippen LogP contribution in [0.25, 0.3) is 0 Å². The molecule has 0 amide bonds. The minimum Gasteiger partial charge on any atom is -0.373 e. The van der Waals surface area contributed by atoms with Crippen LogP contribution in [0.4, 0.5) is 11.6 Å². The lowest BCUT2D eigenvalue weighted by Gasteiger charge is -2.13. The van der Waals surface area contributed by atoms with Gasteiger partial charge in [-0.3, -0.25) is 4.68 Å². The molecule has 2 aromatic heterocycles. The fraction of sp³-hybridized carbons (Fsp3) is 0.500. The number of nitrogens with zero attached hydrogens (tertiary/aromatic N) is 5. The smallest absolute Gasteiger partial charge is 0.134 e. The van der Waals surface area contributed by atoms with Gasteiger partial charge in [0.25, 0.3) is 0 Å². The summed E-state index contributed by atoms with van der Waals surface area (Å²) in [5.41, 5.74) is 1.03. The van der Waals surface area contributed by atoms with Gasteiger partial charge < -0.3 is 10.6 Å². The van der Waals surface area contributed by atoms with E-state index in [1.165, 1.54) is 0 Å². The normalized spacial score (nSPS) is 10.5. The van der Waals surface area contributed by atoms with Gasteiger partial charge in [0.15, 0.2) is 0 Å². The number of aryl methyl sites for hydroxylation is 1. The molecule has 2 rings (SSSR count). The van der Waals surface area contributed by atoms with Crippen LogP contribution in [0.3, 0.4) is 0 Å². The van der Waals surface area contributed by atoms with E-state index >= 15 is 0 Å². The molecule has 102 valence electrons. The zero-order valence-corrected chi connectivity index (χ0v) is 11.5. The summed E-state index contributed by atoms with van der Waals surface area (Å²) in [6.45, 7) is 5.54. The second kappa shape index (κ2) is 6.12. The van der Waals surface area contributed by atoms with E-state index in [-0.39, 0.29) is 0 Å². The molecule has 0 bridgehead atoms. The maximum Gasteiger partial charge on any atom is 0.134 e. The van der Waals surface area contributed by atoms with Crippen molar-refractivity contribution in [3.8, 4) is 0 Å². The third-order valence-corrected chi connectivity index (χ3v) is 2.85. The van der Waals surface area contributed by atoms with E-state index in [4.69, 9.17) is 0 Å². The Balaban J connectivity index is 2.06. The highest BCUT2D eigenvalue weighted by Gasteiger charge is 2.08. The Labute approximate surface area is 112 Å². The maximum absolute atomic E-state index is 4.51. The first-order chi connectivity index (χ1) is 9.24. The fourth-order valence-electron chi connectivity index (χ4n) is 1.78. The highest BCUT2D eigenvalue weighted by molar-refractivity contribution is 5.56. The van der Waals surface area contributed by atoms with E-state index < -0.39 is 0 Å². The van der Waals surface area contributed by atoms with Gasteiger partial charge in [-0.15, -0.1) is 5.10 Å². The molecule has 0 spiro atoms. The predicted octanol–water partition coefficient (Wildman–Crippen LogP) is 1.09. The lowest BCUT2D eigenvalue weighted by Crippen LogP contribution is -2.14. The van der Waals surface area contributed by atoms with Crippen molar-refractivity contribution >= 4 is 11.6 Å². The Bertz CT molecular complexity index is 521. The quantitative estimate of drug-likeness (QED) is 0.810. The van der Waals surface area contributed by atoms with Crippen LogP contribution >= 0.6 is 0 Å². The van der Waals surface area contributed by atoms with Crippen LogP contribution in [-0.2, 0) is 13.0 Å². The molecule has 0 saturated heterocycles. The van der Waals surface area contributed by atoms with Gasteiger partial charge in [0, 0.05) is 31.8 Å². The molecule has 2 aromatic rings. The van der Waals surface area contributed by atoms with Crippen LogP contribution in [0.15, 0.2) is 12.4 Å². The third-order valence-electron chi connectivity index (χ3n) is 2.85. The first-order valence-electron chi connectivity index (χ1n) is 6.37. The molecule has 0 fully saturated rings. The summed E-state index contributed by atoms with van der Waals surface area (Å²) in [5.74, 6) is 2.57. The number of rotatable bonds is 6. The topological polar surface area (TPSA) is 80.5 Å². The second-order valence-electron chi connectivity index (χ2n) is 4.16. The van der Waals surface area contributed by atoms with Crippen molar-refractivity contribution in [1.29, 1.82) is 0 Å². The molecular formula is C12H19N7. The van der Waals surface area contributed by atoms with Crippen LogP contribution in [0.1, 0.15) is 18.3 Å². The van der Waals surface area contributed by atoms with Crippen molar-refractivity contribution in [3.05, 3.63) is 23.8 Å². The average molecular weight is 261 g/mol. The SMILES string of the molecule is CCc1nc(NC)c(C)c(NCCn2ccnn2)n1. The Hall–Kier alpha value is -2.18. The molecule has 0 aliphatic heterocycles. The highest BCUT2D eigenvalue weighted by atomic mass is 15.4. The van der Waals surface area contributed by atoms with Crippen LogP contribution < -0.4 is 10.6 Å². The summed E-state index contributed by atoms with van der Waals surface area (Å²) in [7, 11) is 1.87. The zero-order valence-electron chi connectivity index (χ0n) is 11.5. The molecule has 2 N–H and O–H groups in total. The van der Waals surface area contributed by atoms with E-state index in [1.807, 2.05) is 27.1 Å². The molecule has 0 atom stereocenters. The molecule has 0 saturated carbocycles. The van der Waals surface area contributed by atoms with E-state index in [2.05, 4.69) is 30.9 Å². The first-order valence-corrected chi connectivity index (χ1v) is 6.37. The van der Waals surface area contributed by atoms with Gasteiger partial charge >= 0.3 is 0 Å². The summed E-state index contributed by atoms with van der Waals surface area (Å²) >= 11 is 0. The largest absolute Gasteiger partial charge is 0.373 e. The molecule has 2 heterocycles. The minimum atomic E-state index is 0.744. The van der Waals surface area contributed by atoms with Crippen molar-refractivity contribution < 1.29 is 0 Å². The highest BCUT2D eigenvalue weighted by Crippen LogP contribution is 2.19. The fourth-order valence-corrected chi connectivity index (χ4v) is 1.78. The second-order valence-corrected chi connectivity index (χ2v) is 4.16. The van der Waals surface area contributed by atoms with Gasteiger partial charge in [-0.1, -0.05) is 12.1 Å². The van der Waals surface area contributed by atoms with Crippen molar-refractivity contribution in [1.82, 2.24) is 25.0 Å². The van der Waals surface area contributed by atoms with Gasteiger partial charge in [0.05, 0.1) is 12.7 Å². The Morgan fingerprint density at radius 2 is 2.05 bits per heavy atom. The summed E-state index contributed by atoms with van der Waals surface area (Å²) in [6.07, 6.45) is 4.32. The van der Waals surface area contributed by atoms with E-state index in [0.29, 0.717) is 0 Å². The predicted molar refractivity (Wildman–Crippen MR) is 74.2 cm³/mol. The number of hydrogen-bond donors (Lipinski definition) is 2. The van der Waals surface area contributed by atoms with Crippen molar-refractivity contribution in [2.24, 2.45) is 0 Å². The van der Waals surface area contributed by atoms with Gasteiger partial charge in [-0.2, -0.15) is 0 Å². The Kier molecular flexibility index (Phi) is 4.27. The molecule has 7 nitrogen and oxygen atoms in total. The van der Waals surface area contributed by atoms with Gasteiger partial charge in [0.2, 0.25) is 0 Å². The summed E-state index contributed by atoms with van der Waals surface area (Å²) in [4.78, 5) is 8.95. The van der Waals surface area contributed by atoms with Crippen LogP contribution in [-0.4, -0.2) is 38.6 Å². The van der Waals surface area contributed by atoms with E-state index in [9.17, 15) is 0 Å². The Morgan fingerprint density at radius 3 is 2.68 bits per heavy atom. The molecule has 0 radical (unpaired) electrons. The standard InChI is InChI=1S/C12H19N7/c1-4-10-16-11(13-3)9(2)12(17-10)14-5-7-19-8-6-15-18-19/h6,8H,4-5,7H2,1-3H3,(H2,13,14,16,17). The van der Waals surface area contributed by atoms with Crippen molar-refractivity contribution in [2.45, 2.75) is 26.8 Å². The van der Waals surface area contributed by atoms with Crippen LogP contribution in [0, 0.1) is 6.92 Å². The lowest BCUT2D eigenvalue weighted by molar-refractivity contribution is 0.608. The zero-order chi connectivity index (χ0) is 13.7. The molecule has 19 heavy (non-hydrogen) atoms. The van der Waals surface area contributed by atoms with Crippen LogP contribution in [0.5, 0.6) is 0 Å². The van der Waals surface area contributed by atoms with Gasteiger partial charge in [-0.25, -0.2) is 9.97 Å². The minimum absolute atomic E-state index is 0.744. The summed E-state index contributed by atoms with van der Waals surface area (Å²) in [5, 5.41) is 14.1. The summed E-state index contributed by atoms with van der Waals surface area (Å²) < 4.78 is 1.78. The van der Waals surface area contributed by atoms with Crippen LogP contribution in [0.2, 0.25) is 0 Å². The molecule has 0 unspecified atom stereocenters. The third kappa shape index (κ3) is 3.18. The molecule has 7 heteroatoms. The first kappa shape index (κ1) is 13.3. The molecular weight excluding hydrogens is 242 g/mol.